The molecule has 0 aliphatic carbocycles. The average Bonchev–Trinajstić information content (AvgIpc) is 2.08. The number of aliphatic hydroxyl groups is 1. The summed E-state index contributed by atoms with van der Waals surface area (Å²) in [6, 6.07) is 0. The highest BCUT2D eigenvalue weighted by Gasteiger charge is 2.16. The van der Waals surface area contributed by atoms with Gasteiger partial charge >= 0.3 is 0 Å². The number of alkyl halides is 1. The number of hydrogen-bond acceptors (Lipinski definition) is 3. The monoisotopic (exact) mass is 298 g/mol. The summed E-state index contributed by atoms with van der Waals surface area (Å²) < 4.78 is 1.22. The van der Waals surface area contributed by atoms with Crippen LogP contribution < -0.4 is 0 Å². The van der Waals surface area contributed by atoms with Gasteiger partial charge in [0.2, 0.25) is 0 Å². The molecule has 3 nitrogen and oxygen atoms in total. The Bertz CT molecular complexity index is 136. The minimum atomic E-state index is -0.184. The Hall–Kier alpha value is 0.610. The van der Waals surface area contributed by atoms with E-state index in [1.807, 2.05) is 6.92 Å². The molecule has 1 atom stereocenters. The van der Waals surface area contributed by atoms with Gasteiger partial charge in [-0.05, 0) is 6.92 Å². The SMILES string of the molecule is CC(O)CN1CCN(CCI)CC1. The van der Waals surface area contributed by atoms with Crippen molar-refractivity contribution in [1.29, 1.82) is 0 Å². The third-order valence-corrected chi connectivity index (χ3v) is 2.87. The zero-order valence-corrected chi connectivity index (χ0v) is 10.4. The Morgan fingerprint density at radius 2 is 1.77 bits per heavy atom. The quantitative estimate of drug-likeness (QED) is 0.602. The zero-order valence-electron chi connectivity index (χ0n) is 8.25. The lowest BCUT2D eigenvalue weighted by Gasteiger charge is -2.34. The van der Waals surface area contributed by atoms with Gasteiger partial charge in [-0.25, -0.2) is 0 Å². The highest BCUT2D eigenvalue weighted by Crippen LogP contribution is 2.02. The molecule has 1 aliphatic heterocycles. The standard InChI is InChI=1S/C9H19IN2O/c1-9(13)8-12-6-4-11(3-2-10)5-7-12/h9,13H,2-8H2,1H3. The molecule has 0 amide bonds. The molecule has 78 valence electrons. The van der Waals surface area contributed by atoms with Crippen molar-refractivity contribution in [3.05, 3.63) is 0 Å². The van der Waals surface area contributed by atoms with Gasteiger partial charge in [0.1, 0.15) is 0 Å². The second-order valence-electron chi connectivity index (χ2n) is 3.68. The normalized spacial score (nSPS) is 23.3. The number of β-amino-alcohol motifs (C(OH)–C–C–N with tert-alkyl or cyclic N) is 1. The lowest BCUT2D eigenvalue weighted by atomic mass is 10.3. The van der Waals surface area contributed by atoms with Crippen molar-refractivity contribution in [3.8, 4) is 0 Å². The molecule has 1 rings (SSSR count). The zero-order chi connectivity index (χ0) is 9.68. The first-order valence-electron chi connectivity index (χ1n) is 4.91. The van der Waals surface area contributed by atoms with Crippen LogP contribution in [0.4, 0.5) is 0 Å². The van der Waals surface area contributed by atoms with Crippen LogP contribution in [0.15, 0.2) is 0 Å². The minimum Gasteiger partial charge on any atom is -0.392 e. The topological polar surface area (TPSA) is 26.7 Å². The number of piperazine rings is 1. The van der Waals surface area contributed by atoms with E-state index < -0.39 is 0 Å². The highest BCUT2D eigenvalue weighted by atomic mass is 127. The highest BCUT2D eigenvalue weighted by molar-refractivity contribution is 14.1. The van der Waals surface area contributed by atoms with Crippen molar-refractivity contribution >= 4 is 22.6 Å². The maximum absolute atomic E-state index is 9.22. The number of rotatable bonds is 4. The van der Waals surface area contributed by atoms with Gasteiger partial charge in [0.15, 0.2) is 0 Å². The molecule has 0 spiro atoms. The molecule has 0 radical (unpaired) electrons. The molecule has 1 fully saturated rings. The first-order chi connectivity index (χ1) is 6.22. The van der Waals surface area contributed by atoms with Crippen LogP contribution in [0.3, 0.4) is 0 Å². The Balaban J connectivity index is 2.15. The van der Waals surface area contributed by atoms with E-state index in [4.69, 9.17) is 0 Å². The summed E-state index contributed by atoms with van der Waals surface area (Å²) in [7, 11) is 0. The van der Waals surface area contributed by atoms with E-state index in [1.54, 1.807) is 0 Å². The summed E-state index contributed by atoms with van der Waals surface area (Å²) >= 11 is 2.42. The molecule has 0 aromatic heterocycles. The smallest absolute Gasteiger partial charge is 0.0639 e. The maximum Gasteiger partial charge on any atom is 0.0639 e. The van der Waals surface area contributed by atoms with Gasteiger partial charge in [-0.2, -0.15) is 0 Å². The van der Waals surface area contributed by atoms with Crippen LogP contribution in [-0.2, 0) is 0 Å². The average molecular weight is 298 g/mol. The van der Waals surface area contributed by atoms with E-state index in [1.165, 1.54) is 11.0 Å². The van der Waals surface area contributed by atoms with Crippen molar-refractivity contribution in [2.24, 2.45) is 0 Å². The van der Waals surface area contributed by atoms with Crippen molar-refractivity contribution < 1.29 is 5.11 Å². The third kappa shape index (κ3) is 4.58. The molecular formula is C9H19IN2O. The van der Waals surface area contributed by atoms with E-state index in [9.17, 15) is 5.11 Å². The third-order valence-electron chi connectivity index (χ3n) is 2.39. The summed E-state index contributed by atoms with van der Waals surface area (Å²) in [5.41, 5.74) is 0. The fourth-order valence-corrected chi connectivity index (χ4v) is 2.37. The molecule has 1 N–H and O–H groups in total. The molecule has 0 aromatic carbocycles. The van der Waals surface area contributed by atoms with E-state index >= 15 is 0 Å². The molecule has 13 heavy (non-hydrogen) atoms. The van der Waals surface area contributed by atoms with Crippen LogP contribution in [0.25, 0.3) is 0 Å². The van der Waals surface area contributed by atoms with E-state index in [0.29, 0.717) is 0 Å². The summed E-state index contributed by atoms with van der Waals surface area (Å²) in [5, 5.41) is 9.22. The molecule has 0 aromatic rings. The van der Waals surface area contributed by atoms with Crippen molar-refractivity contribution in [2.75, 3.05) is 43.7 Å². The van der Waals surface area contributed by atoms with Gasteiger partial charge in [-0.1, -0.05) is 22.6 Å². The first kappa shape index (κ1) is 11.7. The number of halogens is 1. The Morgan fingerprint density at radius 3 is 2.23 bits per heavy atom. The molecule has 1 saturated heterocycles. The lowest BCUT2D eigenvalue weighted by molar-refractivity contribution is 0.0835. The lowest BCUT2D eigenvalue weighted by Crippen LogP contribution is -2.48. The molecular weight excluding hydrogens is 279 g/mol. The van der Waals surface area contributed by atoms with Crippen LogP contribution in [0.1, 0.15) is 6.92 Å². The van der Waals surface area contributed by atoms with Crippen molar-refractivity contribution in [1.82, 2.24) is 9.80 Å². The van der Waals surface area contributed by atoms with Gasteiger partial charge in [-0.3, -0.25) is 4.90 Å². The summed E-state index contributed by atoms with van der Waals surface area (Å²) in [4.78, 5) is 4.83. The second-order valence-corrected chi connectivity index (χ2v) is 4.76. The predicted molar refractivity (Wildman–Crippen MR) is 63.4 cm³/mol. The maximum atomic E-state index is 9.22. The Kier molecular flexibility index (Phi) is 5.54. The van der Waals surface area contributed by atoms with E-state index in [0.717, 1.165) is 32.7 Å². The van der Waals surface area contributed by atoms with E-state index in [2.05, 4.69) is 32.4 Å². The summed E-state index contributed by atoms with van der Waals surface area (Å²) in [6.07, 6.45) is -0.184. The van der Waals surface area contributed by atoms with Gasteiger partial charge in [-0.15, -0.1) is 0 Å². The van der Waals surface area contributed by atoms with Crippen LogP contribution >= 0.6 is 22.6 Å². The summed E-state index contributed by atoms with van der Waals surface area (Å²) in [6.45, 7) is 8.45. The fourth-order valence-electron chi connectivity index (χ4n) is 1.69. The summed E-state index contributed by atoms with van der Waals surface area (Å²) in [5.74, 6) is 0. The van der Waals surface area contributed by atoms with Crippen LogP contribution in [0, 0.1) is 0 Å². The largest absolute Gasteiger partial charge is 0.392 e. The van der Waals surface area contributed by atoms with Crippen molar-refractivity contribution in [3.63, 3.8) is 0 Å². The van der Waals surface area contributed by atoms with Crippen LogP contribution in [0.2, 0.25) is 0 Å². The molecule has 0 bridgehead atoms. The number of hydrogen-bond donors (Lipinski definition) is 1. The van der Waals surface area contributed by atoms with Gasteiger partial charge in [0.05, 0.1) is 6.10 Å². The molecule has 1 heterocycles. The molecule has 4 heteroatoms. The van der Waals surface area contributed by atoms with Crippen molar-refractivity contribution in [2.45, 2.75) is 13.0 Å². The second kappa shape index (κ2) is 6.16. The predicted octanol–water partition coefficient (Wildman–Crippen LogP) is 0.420. The van der Waals surface area contributed by atoms with Crippen LogP contribution in [-0.4, -0.2) is 64.7 Å². The first-order valence-corrected chi connectivity index (χ1v) is 6.43. The molecule has 1 unspecified atom stereocenters. The van der Waals surface area contributed by atoms with Crippen LogP contribution in [0.5, 0.6) is 0 Å². The number of aliphatic hydroxyl groups excluding tert-OH is 1. The Labute approximate surface area is 94.2 Å². The Morgan fingerprint density at radius 1 is 1.23 bits per heavy atom. The fraction of sp³-hybridized carbons (Fsp3) is 1.00. The molecule has 1 aliphatic rings. The van der Waals surface area contributed by atoms with E-state index in [-0.39, 0.29) is 6.10 Å². The van der Waals surface area contributed by atoms with Gasteiger partial charge < -0.3 is 10.0 Å². The minimum absolute atomic E-state index is 0.184. The number of nitrogens with zero attached hydrogens (tertiary/aromatic N) is 2. The van der Waals surface area contributed by atoms with Gasteiger partial charge in [0, 0.05) is 43.7 Å². The van der Waals surface area contributed by atoms with Gasteiger partial charge in [0.25, 0.3) is 0 Å². The molecule has 0 saturated carbocycles.